The third-order valence-corrected chi connectivity index (χ3v) is 16.3. The number of para-hydroxylation sites is 4. The van der Waals surface area contributed by atoms with E-state index in [1.54, 1.807) is 6.07 Å². The van der Waals surface area contributed by atoms with Gasteiger partial charge in [-0.3, -0.25) is 0 Å². The standard InChI is InChI=1S/C69H53N5O.Pt/c1-43-29-30-48(71-42-72(60-28-17-16-27-59(60)71)66-54(44-19-10-8-11-20-44)35-47(69(5,6)7)36-55(66)45-21-12-9-13-22-45)38-64(43)75-49-31-32-51-56-40-57-53-25-18-24-52-50-23-14-15-26-58(50)74(67(52)53)63(57)41-62(56)73(61(51)39-49)65-37-46(33-34-70-65)68(2,3)4;/h8-37,40-41H,1-7H3;/q-2;/i1D3;. The van der Waals surface area contributed by atoms with E-state index in [4.69, 9.17) is 13.8 Å². The molecule has 0 radical (unpaired) electrons. The van der Waals surface area contributed by atoms with E-state index in [0.29, 0.717) is 11.4 Å². The molecule has 5 aromatic heterocycles. The molecule has 0 fully saturated rings. The van der Waals surface area contributed by atoms with Crippen LogP contribution in [0, 0.1) is 22.8 Å². The van der Waals surface area contributed by atoms with E-state index in [1.807, 2.05) is 24.4 Å². The summed E-state index contributed by atoms with van der Waals surface area (Å²) >= 11 is 2.42. The molecule has 0 aliphatic carbocycles. The summed E-state index contributed by atoms with van der Waals surface area (Å²) in [5, 5.41) is 6.81. The van der Waals surface area contributed by atoms with Crippen molar-refractivity contribution >= 4 is 70.9 Å². The van der Waals surface area contributed by atoms with E-state index in [9.17, 15) is 0 Å². The van der Waals surface area contributed by atoms with Crippen LogP contribution in [0.25, 0.3) is 110 Å². The number of rotatable bonds is 7. The normalized spacial score (nSPS) is 13.2. The number of hydrogen-bond acceptors (Lipinski definition) is 2. The van der Waals surface area contributed by atoms with Crippen LogP contribution in [0.2, 0.25) is 0 Å². The predicted molar refractivity (Wildman–Crippen MR) is 310 cm³/mol. The first-order valence-electron chi connectivity index (χ1n) is 27.3. The molecule has 0 N–H and O–H groups in total. The Morgan fingerprint density at radius 3 is 1.80 bits per heavy atom. The first kappa shape index (κ1) is 43.0. The maximum atomic E-state index is 8.83. The average Bonchev–Trinajstić information content (AvgIpc) is 3.30. The van der Waals surface area contributed by atoms with E-state index >= 15 is 0 Å². The number of aryl methyl sites for hydroxylation is 1. The van der Waals surface area contributed by atoms with Gasteiger partial charge in [0.25, 0.3) is 0 Å². The SMILES string of the molecule is [2H]C([2H])([2H])c1ccc(-n2[c](=[Pt])n(-c3c(-c4ccccc4)cc(C(C)(C)C)cc3-c3ccccc3)c3ccccc32)[c-]c1Oc1[c-]c2c(cc1)c1cc3c4cccc5c6ccccc6n(c3cc1n2-c1cc(C(C)(C)C)ccn1)c54. The van der Waals surface area contributed by atoms with E-state index in [2.05, 4.69) is 255 Å². The molecule has 0 aliphatic heterocycles. The van der Waals surface area contributed by atoms with Gasteiger partial charge in [0.05, 0.1) is 16.6 Å². The average molecular weight is 1170 g/mol. The maximum absolute atomic E-state index is 8.83. The van der Waals surface area contributed by atoms with Crippen molar-refractivity contribution in [3.05, 3.63) is 227 Å². The molecular formula is C69H53N5OPt-2. The molecule has 9 aromatic carbocycles. The zero-order valence-electron chi connectivity index (χ0n) is 45.9. The van der Waals surface area contributed by atoms with Gasteiger partial charge < -0.3 is 4.40 Å². The molecule has 0 unspecified atom stereocenters. The second-order valence-electron chi connectivity index (χ2n) is 22.0. The minimum absolute atomic E-state index is 0.0419. The zero-order valence-corrected chi connectivity index (χ0v) is 45.2. The van der Waals surface area contributed by atoms with Gasteiger partial charge in [0.1, 0.15) is 0 Å². The molecule has 76 heavy (non-hydrogen) atoms. The smallest absolute Gasteiger partial charge is 0.0561 e. The third kappa shape index (κ3) is 7.18. The van der Waals surface area contributed by atoms with Gasteiger partial charge in [-0.1, -0.05) is 57.2 Å². The van der Waals surface area contributed by atoms with Gasteiger partial charge in [-0.25, -0.2) is 0 Å². The molecule has 0 bridgehead atoms. The Morgan fingerprint density at radius 1 is 0.500 bits per heavy atom. The first-order valence-corrected chi connectivity index (χ1v) is 26.9. The molecule has 14 aromatic rings. The van der Waals surface area contributed by atoms with E-state index in [0.717, 1.165) is 92.4 Å². The molecule has 6 nitrogen and oxygen atoms in total. The zero-order chi connectivity index (χ0) is 54.3. The van der Waals surface area contributed by atoms with Crippen molar-refractivity contribution in [2.24, 2.45) is 0 Å². The summed E-state index contributed by atoms with van der Waals surface area (Å²) in [6, 6.07) is 72.9. The quantitative estimate of drug-likeness (QED) is 0.149. The summed E-state index contributed by atoms with van der Waals surface area (Å²) in [4.78, 5) is 5.04. The number of benzene rings is 9. The van der Waals surface area contributed by atoms with Crippen molar-refractivity contribution < 1.29 is 28.2 Å². The number of pyridine rings is 1. The number of imidazole rings is 1. The first-order chi connectivity index (χ1) is 38.0. The summed E-state index contributed by atoms with van der Waals surface area (Å²) in [7, 11) is 0. The summed E-state index contributed by atoms with van der Waals surface area (Å²) in [5.74, 6) is 1.18. The Morgan fingerprint density at radius 2 is 1.12 bits per heavy atom. The number of aromatic nitrogens is 5. The monoisotopic (exact) mass is 1170 g/mol. The van der Waals surface area contributed by atoms with Crippen LogP contribution in [0.1, 0.15) is 62.3 Å². The number of nitrogens with zero attached hydrogens (tertiary/aromatic N) is 5. The van der Waals surface area contributed by atoms with E-state index < -0.39 is 6.85 Å². The number of ether oxygens (including phenoxy) is 1. The molecule has 0 saturated carbocycles. The number of hydrogen-bond donors (Lipinski definition) is 0. The molecule has 5 heterocycles. The Balaban J connectivity index is 0.977. The van der Waals surface area contributed by atoms with Crippen LogP contribution < -0.4 is 4.74 Å². The van der Waals surface area contributed by atoms with Crippen LogP contribution in [-0.4, -0.2) is 23.1 Å². The molecule has 0 atom stereocenters. The number of fused-ring (bicyclic) bond motifs is 10. The van der Waals surface area contributed by atoms with Crippen molar-refractivity contribution in [2.75, 3.05) is 0 Å². The Kier molecular flexibility index (Phi) is 9.68. The molecular weight excluding hydrogens is 1110 g/mol. The molecule has 14 rings (SSSR count). The second-order valence-corrected chi connectivity index (χ2v) is 23.0. The fourth-order valence-corrected chi connectivity index (χ4v) is 12.5. The van der Waals surface area contributed by atoms with Crippen LogP contribution in [0.5, 0.6) is 11.5 Å². The minimum atomic E-state index is -2.53. The van der Waals surface area contributed by atoms with Crippen molar-refractivity contribution in [3.8, 4) is 50.9 Å². The van der Waals surface area contributed by atoms with Gasteiger partial charge in [-0.2, -0.15) is 0 Å². The van der Waals surface area contributed by atoms with E-state index in [-0.39, 0.29) is 22.1 Å². The molecule has 0 spiro atoms. The predicted octanol–water partition coefficient (Wildman–Crippen LogP) is 17.8. The van der Waals surface area contributed by atoms with Crippen LogP contribution in [-0.2, 0) is 30.2 Å². The van der Waals surface area contributed by atoms with Gasteiger partial charge in [0.15, 0.2) is 0 Å². The summed E-state index contributed by atoms with van der Waals surface area (Å²) in [5.41, 5.74) is 15.2. The van der Waals surface area contributed by atoms with Crippen LogP contribution in [0.3, 0.4) is 0 Å². The fourth-order valence-electron chi connectivity index (χ4n) is 11.5. The molecule has 7 heteroatoms. The molecule has 372 valence electrons. The van der Waals surface area contributed by atoms with Gasteiger partial charge in [0, 0.05) is 27.7 Å². The fraction of sp³-hybridized carbons (Fsp3) is 0.130. The Bertz CT molecular complexity index is 4780. The van der Waals surface area contributed by atoms with Gasteiger partial charge in [0.2, 0.25) is 0 Å². The molecule has 0 saturated heterocycles. The summed E-state index contributed by atoms with van der Waals surface area (Å²) in [6.07, 6.45) is 1.88. The van der Waals surface area contributed by atoms with Crippen LogP contribution >= 0.6 is 0 Å². The van der Waals surface area contributed by atoms with E-state index in [1.165, 1.54) is 27.2 Å². The van der Waals surface area contributed by atoms with Gasteiger partial charge in [-0.05, 0) is 23.1 Å². The van der Waals surface area contributed by atoms with Gasteiger partial charge in [-0.15, -0.1) is 0 Å². The van der Waals surface area contributed by atoms with Crippen molar-refractivity contribution in [1.82, 2.24) is 23.1 Å². The van der Waals surface area contributed by atoms with Crippen LogP contribution in [0.15, 0.2) is 194 Å². The summed E-state index contributed by atoms with van der Waals surface area (Å²) in [6.45, 7) is 10.9. The third-order valence-electron chi connectivity index (χ3n) is 15.3. The topological polar surface area (TPSA) is 41.3 Å². The van der Waals surface area contributed by atoms with Crippen molar-refractivity contribution in [1.29, 1.82) is 0 Å². The van der Waals surface area contributed by atoms with Crippen molar-refractivity contribution in [3.63, 3.8) is 0 Å². The van der Waals surface area contributed by atoms with Crippen molar-refractivity contribution in [2.45, 2.75) is 59.2 Å². The molecule has 0 amide bonds. The Labute approximate surface area is 456 Å². The molecule has 0 aliphatic rings. The second kappa shape index (κ2) is 17.1. The minimum Gasteiger partial charge on any atom is -0.0561 e. The van der Waals surface area contributed by atoms with Gasteiger partial charge >= 0.3 is 330 Å². The van der Waals surface area contributed by atoms with Crippen LogP contribution in [0.4, 0.5) is 0 Å². The Hall–Kier alpha value is -8.31. The summed E-state index contributed by atoms with van der Waals surface area (Å²) < 4.78 is 43.3.